The zero-order valence-electron chi connectivity index (χ0n) is 12.5. The zero-order chi connectivity index (χ0) is 14.7. The van der Waals surface area contributed by atoms with E-state index in [0.29, 0.717) is 18.7 Å². The van der Waals surface area contributed by atoms with Crippen molar-refractivity contribution in [3.8, 4) is 5.75 Å². The third kappa shape index (κ3) is 4.60. The Morgan fingerprint density at radius 3 is 2.59 bits per heavy atom. The van der Waals surface area contributed by atoms with E-state index in [1.54, 1.807) is 12.1 Å². The van der Waals surface area contributed by atoms with Crippen molar-refractivity contribution in [2.45, 2.75) is 18.9 Å². The SMILES string of the molecule is Cl.O=C(NCC1CNCC1O)c1ccc(OCC2CC2)cc1. The molecule has 5 nitrogen and oxygen atoms in total. The van der Waals surface area contributed by atoms with Crippen LogP contribution < -0.4 is 15.4 Å². The summed E-state index contributed by atoms with van der Waals surface area (Å²) in [4.78, 5) is 12.0. The van der Waals surface area contributed by atoms with E-state index in [1.807, 2.05) is 12.1 Å². The number of carbonyl (C=O) groups is 1. The molecule has 22 heavy (non-hydrogen) atoms. The van der Waals surface area contributed by atoms with Crippen molar-refractivity contribution in [2.75, 3.05) is 26.2 Å². The highest BCUT2D eigenvalue weighted by atomic mass is 35.5. The Labute approximate surface area is 136 Å². The van der Waals surface area contributed by atoms with E-state index in [4.69, 9.17) is 4.74 Å². The monoisotopic (exact) mass is 326 g/mol. The third-order valence-electron chi connectivity index (χ3n) is 4.13. The molecule has 1 aromatic rings. The van der Waals surface area contributed by atoms with Crippen LogP contribution in [0.2, 0.25) is 0 Å². The summed E-state index contributed by atoms with van der Waals surface area (Å²) in [5.41, 5.74) is 0.620. The topological polar surface area (TPSA) is 70.6 Å². The van der Waals surface area contributed by atoms with Crippen LogP contribution in [-0.4, -0.2) is 43.4 Å². The highest BCUT2D eigenvalue weighted by molar-refractivity contribution is 5.94. The van der Waals surface area contributed by atoms with Crippen LogP contribution >= 0.6 is 12.4 Å². The lowest BCUT2D eigenvalue weighted by atomic mass is 10.1. The predicted molar refractivity (Wildman–Crippen MR) is 86.6 cm³/mol. The summed E-state index contributed by atoms with van der Waals surface area (Å²) in [6.07, 6.45) is 2.16. The number of benzene rings is 1. The number of hydrogen-bond acceptors (Lipinski definition) is 4. The summed E-state index contributed by atoms with van der Waals surface area (Å²) >= 11 is 0. The Morgan fingerprint density at radius 1 is 1.27 bits per heavy atom. The molecule has 2 unspecified atom stereocenters. The number of hydrogen-bond donors (Lipinski definition) is 3. The highest BCUT2D eigenvalue weighted by Gasteiger charge is 2.25. The van der Waals surface area contributed by atoms with Crippen LogP contribution in [-0.2, 0) is 0 Å². The van der Waals surface area contributed by atoms with Crippen LogP contribution in [0, 0.1) is 11.8 Å². The van der Waals surface area contributed by atoms with Gasteiger partial charge in [0.2, 0.25) is 0 Å². The van der Waals surface area contributed by atoms with E-state index in [-0.39, 0.29) is 30.3 Å². The van der Waals surface area contributed by atoms with Gasteiger partial charge >= 0.3 is 0 Å². The smallest absolute Gasteiger partial charge is 0.251 e. The molecule has 2 aliphatic rings. The van der Waals surface area contributed by atoms with Crippen molar-refractivity contribution < 1.29 is 14.6 Å². The van der Waals surface area contributed by atoms with Crippen molar-refractivity contribution in [3.05, 3.63) is 29.8 Å². The van der Waals surface area contributed by atoms with Gasteiger partial charge in [0, 0.05) is 31.1 Å². The van der Waals surface area contributed by atoms with Gasteiger partial charge in [0.15, 0.2) is 0 Å². The van der Waals surface area contributed by atoms with Gasteiger partial charge in [-0.05, 0) is 43.0 Å². The standard InChI is InChI=1S/C16H22N2O3.ClH/c19-15-9-17-7-13(15)8-18-16(20)12-3-5-14(6-4-12)21-10-11-1-2-11;/h3-6,11,13,15,17,19H,1-2,7-10H2,(H,18,20);1H. The van der Waals surface area contributed by atoms with Gasteiger partial charge in [-0.1, -0.05) is 0 Å². The minimum Gasteiger partial charge on any atom is -0.493 e. The number of nitrogens with one attached hydrogen (secondary N) is 2. The first-order chi connectivity index (χ1) is 10.2. The fourth-order valence-corrected chi connectivity index (χ4v) is 2.45. The number of aliphatic hydroxyl groups excluding tert-OH is 1. The molecule has 1 aromatic carbocycles. The van der Waals surface area contributed by atoms with Crippen LogP contribution in [0.3, 0.4) is 0 Å². The average molecular weight is 327 g/mol. The molecule has 1 aliphatic heterocycles. The highest BCUT2D eigenvalue weighted by Crippen LogP contribution is 2.29. The van der Waals surface area contributed by atoms with Gasteiger partial charge in [-0.25, -0.2) is 0 Å². The van der Waals surface area contributed by atoms with E-state index < -0.39 is 0 Å². The molecule has 1 saturated heterocycles. The lowest BCUT2D eigenvalue weighted by Gasteiger charge is -2.14. The maximum absolute atomic E-state index is 12.0. The fraction of sp³-hybridized carbons (Fsp3) is 0.562. The maximum atomic E-state index is 12.0. The van der Waals surface area contributed by atoms with E-state index in [0.717, 1.165) is 24.8 Å². The second-order valence-electron chi connectivity index (χ2n) is 5.97. The Morgan fingerprint density at radius 2 is 2.00 bits per heavy atom. The zero-order valence-corrected chi connectivity index (χ0v) is 13.3. The van der Waals surface area contributed by atoms with Gasteiger partial charge in [-0.3, -0.25) is 4.79 Å². The van der Waals surface area contributed by atoms with E-state index in [2.05, 4.69) is 10.6 Å². The molecule has 2 fully saturated rings. The lowest BCUT2D eigenvalue weighted by Crippen LogP contribution is -2.34. The Balaban J connectivity index is 0.00000176. The molecule has 2 atom stereocenters. The maximum Gasteiger partial charge on any atom is 0.251 e. The third-order valence-corrected chi connectivity index (χ3v) is 4.13. The summed E-state index contributed by atoms with van der Waals surface area (Å²) < 4.78 is 5.65. The van der Waals surface area contributed by atoms with Crippen molar-refractivity contribution in [1.82, 2.24) is 10.6 Å². The predicted octanol–water partition coefficient (Wildman–Crippen LogP) is 1.21. The van der Waals surface area contributed by atoms with Crippen LogP contribution in [0.25, 0.3) is 0 Å². The molecule has 1 amide bonds. The molecule has 3 N–H and O–H groups in total. The summed E-state index contributed by atoms with van der Waals surface area (Å²) in [6.45, 7) is 2.62. The molecular formula is C16H23ClN2O3. The molecular weight excluding hydrogens is 304 g/mol. The molecule has 1 saturated carbocycles. The number of β-amino-alcohol motifs (C(OH)–C–C–N with tert-alkyl or cyclic N) is 1. The molecule has 3 rings (SSSR count). The largest absolute Gasteiger partial charge is 0.493 e. The fourth-order valence-electron chi connectivity index (χ4n) is 2.45. The number of rotatable bonds is 6. The molecule has 6 heteroatoms. The second kappa shape index (κ2) is 7.81. The van der Waals surface area contributed by atoms with Gasteiger partial charge < -0.3 is 20.5 Å². The van der Waals surface area contributed by atoms with Crippen molar-refractivity contribution >= 4 is 18.3 Å². The van der Waals surface area contributed by atoms with Gasteiger partial charge in [0.25, 0.3) is 5.91 Å². The minimum absolute atomic E-state index is 0. The first-order valence-electron chi connectivity index (χ1n) is 7.62. The van der Waals surface area contributed by atoms with Gasteiger partial charge in [-0.2, -0.15) is 0 Å². The van der Waals surface area contributed by atoms with Crippen molar-refractivity contribution in [1.29, 1.82) is 0 Å². The first-order valence-corrected chi connectivity index (χ1v) is 7.62. The molecule has 1 heterocycles. The van der Waals surface area contributed by atoms with Crippen LogP contribution in [0.1, 0.15) is 23.2 Å². The van der Waals surface area contributed by atoms with Crippen LogP contribution in [0.5, 0.6) is 5.75 Å². The quantitative estimate of drug-likeness (QED) is 0.735. The molecule has 0 spiro atoms. The van der Waals surface area contributed by atoms with E-state index in [1.165, 1.54) is 12.8 Å². The molecule has 0 bridgehead atoms. The summed E-state index contributed by atoms with van der Waals surface area (Å²) in [5.74, 6) is 1.52. The lowest BCUT2D eigenvalue weighted by molar-refractivity contribution is 0.0927. The number of carbonyl (C=O) groups excluding carboxylic acids is 1. The summed E-state index contributed by atoms with van der Waals surface area (Å²) in [6, 6.07) is 7.23. The minimum atomic E-state index is -0.372. The average Bonchev–Trinajstić information content (AvgIpc) is 3.25. The van der Waals surface area contributed by atoms with Crippen molar-refractivity contribution in [3.63, 3.8) is 0 Å². The molecule has 122 valence electrons. The van der Waals surface area contributed by atoms with Crippen LogP contribution in [0.15, 0.2) is 24.3 Å². The van der Waals surface area contributed by atoms with Crippen molar-refractivity contribution in [2.24, 2.45) is 11.8 Å². The Hall–Kier alpha value is -1.30. The number of aliphatic hydroxyl groups is 1. The van der Waals surface area contributed by atoms with Gasteiger partial charge in [-0.15, -0.1) is 12.4 Å². The molecule has 1 aliphatic carbocycles. The molecule has 0 radical (unpaired) electrons. The van der Waals surface area contributed by atoms with E-state index in [9.17, 15) is 9.90 Å². The van der Waals surface area contributed by atoms with Crippen LogP contribution in [0.4, 0.5) is 0 Å². The Bertz CT molecular complexity index is 491. The number of ether oxygens (including phenoxy) is 1. The number of amides is 1. The van der Waals surface area contributed by atoms with E-state index >= 15 is 0 Å². The Kier molecular flexibility index (Phi) is 6.06. The first kappa shape index (κ1) is 17.1. The normalized spacial score (nSPS) is 23.7. The number of halogens is 1. The summed E-state index contributed by atoms with van der Waals surface area (Å²) in [7, 11) is 0. The van der Waals surface area contributed by atoms with Gasteiger partial charge in [0.05, 0.1) is 12.7 Å². The summed E-state index contributed by atoms with van der Waals surface area (Å²) in [5, 5.41) is 15.7. The molecule has 0 aromatic heterocycles. The van der Waals surface area contributed by atoms with Gasteiger partial charge in [0.1, 0.15) is 5.75 Å². The second-order valence-corrected chi connectivity index (χ2v) is 5.97.